The van der Waals surface area contributed by atoms with Gasteiger partial charge in [-0.3, -0.25) is 14.8 Å². The molecule has 3 aromatic rings. The fraction of sp³-hybridized carbons (Fsp3) is 0.158. The molecule has 6 nitrogen and oxygen atoms in total. The smallest absolute Gasteiger partial charge is 0.406 e. The molecule has 1 N–H and O–H groups in total. The molecule has 0 atom stereocenters. The van der Waals surface area contributed by atoms with Crippen LogP contribution in [-0.4, -0.2) is 27.2 Å². The van der Waals surface area contributed by atoms with Gasteiger partial charge in [-0.15, -0.1) is 13.2 Å². The number of hydrogen-bond donors (Lipinski definition) is 1. The Morgan fingerprint density at radius 1 is 1.14 bits per heavy atom. The van der Waals surface area contributed by atoms with Crippen LogP contribution < -0.4 is 10.1 Å². The van der Waals surface area contributed by atoms with Crippen LogP contribution in [0.2, 0.25) is 0 Å². The minimum Gasteiger partial charge on any atom is -0.406 e. The predicted octanol–water partition coefficient (Wildman–Crippen LogP) is 4.31. The van der Waals surface area contributed by atoms with Crippen molar-refractivity contribution in [1.29, 1.82) is 0 Å². The van der Waals surface area contributed by atoms with E-state index in [4.69, 9.17) is 0 Å². The van der Waals surface area contributed by atoms with Crippen LogP contribution in [-0.2, 0) is 0 Å². The van der Waals surface area contributed by atoms with Crippen LogP contribution in [0.3, 0.4) is 0 Å². The Morgan fingerprint density at radius 3 is 2.61 bits per heavy atom. The van der Waals surface area contributed by atoms with E-state index in [0.29, 0.717) is 22.5 Å². The third-order valence-corrected chi connectivity index (χ3v) is 3.81. The number of nitrogens with one attached hydrogen (secondary N) is 1. The molecule has 0 aliphatic carbocycles. The number of halogens is 3. The molecule has 0 aliphatic heterocycles. The van der Waals surface area contributed by atoms with Crippen molar-refractivity contribution in [1.82, 2.24) is 15.0 Å². The summed E-state index contributed by atoms with van der Waals surface area (Å²) in [6.45, 7) is 3.43. The van der Waals surface area contributed by atoms with Gasteiger partial charge in [-0.05, 0) is 37.6 Å². The van der Waals surface area contributed by atoms with E-state index in [0.717, 1.165) is 5.56 Å². The topological polar surface area (TPSA) is 77.0 Å². The van der Waals surface area contributed by atoms with E-state index >= 15 is 0 Å². The van der Waals surface area contributed by atoms with E-state index in [1.807, 2.05) is 0 Å². The maximum absolute atomic E-state index is 12.4. The lowest BCUT2D eigenvalue weighted by atomic mass is 10.1. The monoisotopic (exact) mass is 388 g/mol. The molecule has 1 amide bonds. The summed E-state index contributed by atoms with van der Waals surface area (Å²) in [6.07, 6.45) is -0.409. The van der Waals surface area contributed by atoms with Gasteiger partial charge in [-0.1, -0.05) is 12.1 Å². The molecular formula is C19H15F3N4O2. The zero-order valence-corrected chi connectivity index (χ0v) is 14.9. The average molecular weight is 388 g/mol. The average Bonchev–Trinajstić information content (AvgIpc) is 2.61. The Bertz CT molecular complexity index is 1020. The Labute approximate surface area is 158 Å². The summed E-state index contributed by atoms with van der Waals surface area (Å²) in [5.41, 5.74) is 2.39. The second kappa shape index (κ2) is 7.63. The highest BCUT2D eigenvalue weighted by Crippen LogP contribution is 2.28. The lowest BCUT2D eigenvalue weighted by Crippen LogP contribution is -2.17. The number of aryl methyl sites for hydroxylation is 2. The van der Waals surface area contributed by atoms with Crippen LogP contribution in [0.4, 0.5) is 19.0 Å². The molecule has 0 fully saturated rings. The zero-order valence-electron chi connectivity index (χ0n) is 14.9. The van der Waals surface area contributed by atoms with Crippen LogP contribution in [0.5, 0.6) is 5.75 Å². The molecule has 9 heteroatoms. The highest BCUT2D eigenvalue weighted by atomic mass is 19.4. The first-order valence-electron chi connectivity index (χ1n) is 8.15. The number of rotatable bonds is 4. The molecule has 0 spiro atoms. The first kappa shape index (κ1) is 19.3. The number of amides is 1. The van der Waals surface area contributed by atoms with Crippen molar-refractivity contribution in [2.45, 2.75) is 20.2 Å². The van der Waals surface area contributed by atoms with E-state index in [9.17, 15) is 18.0 Å². The molecular weight excluding hydrogens is 373 g/mol. The summed E-state index contributed by atoms with van der Waals surface area (Å²) < 4.78 is 41.1. The molecule has 2 heterocycles. The van der Waals surface area contributed by atoms with E-state index < -0.39 is 6.36 Å². The Balaban J connectivity index is 1.82. The molecule has 2 aromatic heterocycles. The maximum Gasteiger partial charge on any atom is 0.573 e. The van der Waals surface area contributed by atoms with Crippen molar-refractivity contribution < 1.29 is 22.7 Å². The molecule has 0 aliphatic rings. The number of anilines is 1. The number of carbonyl (C=O) groups is 1. The first-order chi connectivity index (χ1) is 13.2. The van der Waals surface area contributed by atoms with Crippen molar-refractivity contribution >= 4 is 11.7 Å². The fourth-order valence-electron chi connectivity index (χ4n) is 2.55. The summed E-state index contributed by atoms with van der Waals surface area (Å²) >= 11 is 0. The van der Waals surface area contributed by atoms with Gasteiger partial charge in [-0.25, -0.2) is 4.98 Å². The second-order valence-electron chi connectivity index (χ2n) is 5.91. The SMILES string of the molecule is Cc1ccncc1C(=O)Nc1cnc(-c2cccc(OC(F)(F)F)c2)c(C)n1. The van der Waals surface area contributed by atoms with Gasteiger partial charge in [0, 0.05) is 18.0 Å². The van der Waals surface area contributed by atoms with Crippen LogP contribution in [0.25, 0.3) is 11.3 Å². The highest BCUT2D eigenvalue weighted by Gasteiger charge is 2.31. The van der Waals surface area contributed by atoms with Crippen molar-refractivity contribution in [3.8, 4) is 17.0 Å². The third kappa shape index (κ3) is 4.61. The van der Waals surface area contributed by atoms with E-state index in [1.54, 1.807) is 32.2 Å². The summed E-state index contributed by atoms with van der Waals surface area (Å²) in [4.78, 5) is 24.8. The van der Waals surface area contributed by atoms with Gasteiger partial charge in [-0.2, -0.15) is 0 Å². The largest absolute Gasteiger partial charge is 0.573 e. The fourth-order valence-corrected chi connectivity index (χ4v) is 2.55. The number of ether oxygens (including phenoxy) is 1. The first-order valence-corrected chi connectivity index (χ1v) is 8.15. The van der Waals surface area contributed by atoms with Gasteiger partial charge in [0.05, 0.1) is 23.1 Å². The number of benzene rings is 1. The van der Waals surface area contributed by atoms with Gasteiger partial charge in [0.15, 0.2) is 5.82 Å². The number of alkyl halides is 3. The minimum atomic E-state index is -4.78. The van der Waals surface area contributed by atoms with E-state index in [-0.39, 0.29) is 17.5 Å². The maximum atomic E-state index is 12.4. The molecule has 3 rings (SSSR count). The Hall–Kier alpha value is -3.49. The zero-order chi connectivity index (χ0) is 20.3. The van der Waals surface area contributed by atoms with Crippen molar-refractivity contribution in [2.24, 2.45) is 0 Å². The lowest BCUT2D eigenvalue weighted by molar-refractivity contribution is -0.274. The number of pyridine rings is 1. The molecule has 144 valence electrons. The van der Waals surface area contributed by atoms with E-state index in [1.165, 1.54) is 30.6 Å². The number of aromatic nitrogens is 3. The number of nitrogens with zero attached hydrogens (tertiary/aromatic N) is 3. The van der Waals surface area contributed by atoms with Crippen LogP contribution in [0.15, 0.2) is 48.9 Å². The molecule has 0 bridgehead atoms. The van der Waals surface area contributed by atoms with Crippen molar-refractivity contribution in [3.05, 3.63) is 65.7 Å². The predicted molar refractivity (Wildman–Crippen MR) is 95.8 cm³/mol. The minimum absolute atomic E-state index is 0.220. The summed E-state index contributed by atoms with van der Waals surface area (Å²) in [6, 6.07) is 7.16. The van der Waals surface area contributed by atoms with Crippen molar-refractivity contribution in [2.75, 3.05) is 5.32 Å². The molecule has 0 saturated carbocycles. The Kier molecular flexibility index (Phi) is 5.25. The van der Waals surface area contributed by atoms with Crippen LogP contribution in [0, 0.1) is 13.8 Å². The highest BCUT2D eigenvalue weighted by molar-refractivity contribution is 6.04. The summed E-state index contributed by atoms with van der Waals surface area (Å²) in [5, 5.41) is 2.64. The van der Waals surface area contributed by atoms with Crippen LogP contribution >= 0.6 is 0 Å². The summed E-state index contributed by atoms with van der Waals surface area (Å²) in [7, 11) is 0. The number of hydrogen-bond acceptors (Lipinski definition) is 5. The van der Waals surface area contributed by atoms with Gasteiger partial charge in [0.25, 0.3) is 5.91 Å². The van der Waals surface area contributed by atoms with Crippen LogP contribution in [0.1, 0.15) is 21.6 Å². The quantitative estimate of drug-likeness (QED) is 0.721. The lowest BCUT2D eigenvalue weighted by Gasteiger charge is -2.11. The standard InChI is InChI=1S/C19H15F3N4O2/c1-11-6-7-23-9-15(11)18(27)26-16-10-24-17(12(2)25-16)13-4-3-5-14(8-13)28-19(20,21)22/h3-10H,1-2H3,(H,25,26,27). The van der Waals surface area contributed by atoms with E-state index in [2.05, 4.69) is 25.0 Å². The third-order valence-electron chi connectivity index (χ3n) is 3.81. The normalized spacial score (nSPS) is 11.2. The molecule has 1 aromatic carbocycles. The molecule has 28 heavy (non-hydrogen) atoms. The van der Waals surface area contributed by atoms with Gasteiger partial charge < -0.3 is 10.1 Å². The molecule has 0 radical (unpaired) electrons. The molecule has 0 saturated heterocycles. The van der Waals surface area contributed by atoms with Crippen molar-refractivity contribution in [3.63, 3.8) is 0 Å². The number of carbonyl (C=O) groups excluding carboxylic acids is 1. The second-order valence-corrected chi connectivity index (χ2v) is 5.91. The summed E-state index contributed by atoms with van der Waals surface area (Å²) in [5.74, 6) is -0.513. The van der Waals surface area contributed by atoms with Gasteiger partial charge in [0.2, 0.25) is 0 Å². The Morgan fingerprint density at radius 2 is 1.93 bits per heavy atom. The molecule has 0 unspecified atom stereocenters. The van der Waals surface area contributed by atoms with Gasteiger partial charge in [0.1, 0.15) is 5.75 Å². The van der Waals surface area contributed by atoms with Gasteiger partial charge >= 0.3 is 6.36 Å².